The van der Waals surface area contributed by atoms with Gasteiger partial charge in [-0.15, -0.1) is 0 Å². The summed E-state index contributed by atoms with van der Waals surface area (Å²) in [5.41, 5.74) is 11.5. The number of allylic oxidation sites excluding steroid dienone is 1. The third-order valence-corrected chi connectivity index (χ3v) is 7.23. The molecule has 2 aliphatic rings. The molecule has 0 bridgehead atoms. The van der Waals surface area contributed by atoms with E-state index in [-0.39, 0.29) is 0 Å². The Bertz CT molecular complexity index is 1340. The van der Waals surface area contributed by atoms with Crippen molar-refractivity contribution in [3.8, 4) is 11.1 Å². The van der Waals surface area contributed by atoms with Crippen LogP contribution in [0.15, 0.2) is 72.6 Å². The number of rotatable bonds is 4. The fourth-order valence-electron chi connectivity index (χ4n) is 5.26. The molecule has 0 amide bonds. The predicted molar refractivity (Wildman–Crippen MR) is 136 cm³/mol. The Morgan fingerprint density at radius 1 is 0.879 bits per heavy atom. The molecule has 166 valence electrons. The number of fused-ring (bicyclic) bond motifs is 2. The molecule has 1 aliphatic heterocycles. The van der Waals surface area contributed by atoms with Crippen LogP contribution in [0, 0.1) is 0 Å². The summed E-state index contributed by atoms with van der Waals surface area (Å²) >= 11 is 0. The Labute approximate surface area is 195 Å². The second kappa shape index (κ2) is 8.29. The van der Waals surface area contributed by atoms with Crippen molar-refractivity contribution in [2.75, 3.05) is 33.2 Å². The fourth-order valence-corrected chi connectivity index (χ4v) is 5.26. The van der Waals surface area contributed by atoms with Crippen LogP contribution in [0.2, 0.25) is 0 Å². The van der Waals surface area contributed by atoms with E-state index in [0.717, 1.165) is 39.1 Å². The summed E-state index contributed by atoms with van der Waals surface area (Å²) in [5.74, 6) is 0. The molecule has 1 N–H and O–H groups in total. The van der Waals surface area contributed by atoms with Crippen molar-refractivity contribution in [2.24, 2.45) is 0 Å². The molecule has 4 heteroatoms. The van der Waals surface area contributed by atoms with Gasteiger partial charge in [0, 0.05) is 68.2 Å². The molecule has 0 unspecified atom stereocenters. The van der Waals surface area contributed by atoms with E-state index in [1.807, 2.05) is 12.4 Å². The van der Waals surface area contributed by atoms with Crippen molar-refractivity contribution in [3.05, 3.63) is 94.9 Å². The maximum absolute atomic E-state index is 4.88. The predicted octanol–water partition coefficient (Wildman–Crippen LogP) is 5.36. The van der Waals surface area contributed by atoms with Gasteiger partial charge in [0.15, 0.2) is 0 Å². The average Bonchev–Trinajstić information content (AvgIpc) is 3.43. The SMILES string of the molecule is CC1=C(c2ccc3[nH]ccc3c2)c2cc(-c3ccc(CN4CCN(C)CC4)cc3)cnc2C1. The molecule has 0 saturated carbocycles. The molecule has 4 nitrogen and oxygen atoms in total. The van der Waals surface area contributed by atoms with E-state index >= 15 is 0 Å². The van der Waals surface area contributed by atoms with Crippen LogP contribution in [0.4, 0.5) is 0 Å². The summed E-state index contributed by atoms with van der Waals surface area (Å²) in [7, 11) is 2.21. The van der Waals surface area contributed by atoms with E-state index in [2.05, 4.69) is 83.4 Å². The van der Waals surface area contributed by atoms with Crippen LogP contribution in [-0.4, -0.2) is 53.0 Å². The highest BCUT2D eigenvalue weighted by atomic mass is 15.2. The fraction of sp³-hybridized carbons (Fsp3) is 0.276. The molecule has 1 saturated heterocycles. The summed E-state index contributed by atoms with van der Waals surface area (Å²) < 4.78 is 0. The van der Waals surface area contributed by atoms with Crippen molar-refractivity contribution in [1.29, 1.82) is 0 Å². The van der Waals surface area contributed by atoms with E-state index in [1.165, 1.54) is 55.6 Å². The van der Waals surface area contributed by atoms with E-state index in [1.54, 1.807) is 0 Å². The summed E-state index contributed by atoms with van der Waals surface area (Å²) in [6.45, 7) is 7.89. The molecule has 2 aromatic heterocycles. The number of hydrogen-bond donors (Lipinski definition) is 1. The second-order valence-corrected chi connectivity index (χ2v) is 9.61. The minimum atomic E-state index is 0.931. The van der Waals surface area contributed by atoms with E-state index in [0.29, 0.717) is 0 Å². The number of hydrogen-bond acceptors (Lipinski definition) is 3. The van der Waals surface area contributed by atoms with E-state index in [9.17, 15) is 0 Å². The summed E-state index contributed by atoms with van der Waals surface area (Å²) in [6, 6.07) is 20.3. The number of pyridine rings is 1. The molecule has 0 radical (unpaired) electrons. The van der Waals surface area contributed by atoms with Gasteiger partial charge < -0.3 is 9.88 Å². The first-order chi connectivity index (χ1) is 16.1. The zero-order valence-corrected chi connectivity index (χ0v) is 19.4. The Kier molecular flexibility index (Phi) is 5.12. The van der Waals surface area contributed by atoms with Gasteiger partial charge in [-0.25, -0.2) is 0 Å². The molecule has 4 aromatic rings. The van der Waals surface area contributed by atoms with Crippen LogP contribution in [-0.2, 0) is 13.0 Å². The van der Waals surface area contributed by atoms with Gasteiger partial charge in [-0.1, -0.05) is 35.9 Å². The first-order valence-corrected chi connectivity index (χ1v) is 11.9. The molecule has 0 spiro atoms. The Morgan fingerprint density at radius 3 is 2.48 bits per heavy atom. The quantitative estimate of drug-likeness (QED) is 0.470. The lowest BCUT2D eigenvalue weighted by atomic mass is 9.95. The van der Waals surface area contributed by atoms with Gasteiger partial charge in [0.25, 0.3) is 0 Å². The van der Waals surface area contributed by atoms with Crippen molar-refractivity contribution in [1.82, 2.24) is 19.8 Å². The van der Waals surface area contributed by atoms with Gasteiger partial charge in [0.2, 0.25) is 0 Å². The lowest BCUT2D eigenvalue weighted by molar-refractivity contribution is 0.148. The molecule has 33 heavy (non-hydrogen) atoms. The van der Waals surface area contributed by atoms with Gasteiger partial charge in [0.1, 0.15) is 0 Å². The standard InChI is InChI=1S/C29H30N4/c1-20-15-28-26(29(20)24-7-8-27-23(16-24)9-10-30-27)17-25(18-31-28)22-5-3-21(4-6-22)19-33-13-11-32(2)12-14-33/h3-10,16-18,30H,11-15,19H2,1-2H3. The van der Waals surface area contributed by atoms with Gasteiger partial charge in [-0.05, 0) is 65.9 Å². The summed E-state index contributed by atoms with van der Waals surface area (Å²) in [5, 5.41) is 1.25. The largest absolute Gasteiger partial charge is 0.361 e. The molecule has 1 fully saturated rings. The normalized spacial score (nSPS) is 17.2. The van der Waals surface area contributed by atoms with Crippen LogP contribution in [0.1, 0.15) is 29.3 Å². The van der Waals surface area contributed by atoms with Gasteiger partial charge >= 0.3 is 0 Å². The maximum atomic E-state index is 4.88. The van der Waals surface area contributed by atoms with Crippen LogP contribution in [0.5, 0.6) is 0 Å². The number of piperazine rings is 1. The lowest BCUT2D eigenvalue weighted by Crippen LogP contribution is -2.43. The molecular weight excluding hydrogens is 404 g/mol. The maximum Gasteiger partial charge on any atom is 0.0523 e. The minimum Gasteiger partial charge on any atom is -0.361 e. The Balaban J connectivity index is 1.27. The van der Waals surface area contributed by atoms with Crippen LogP contribution in [0.3, 0.4) is 0 Å². The number of benzene rings is 2. The van der Waals surface area contributed by atoms with Crippen molar-refractivity contribution < 1.29 is 0 Å². The van der Waals surface area contributed by atoms with E-state index < -0.39 is 0 Å². The van der Waals surface area contributed by atoms with Crippen LogP contribution >= 0.6 is 0 Å². The second-order valence-electron chi connectivity index (χ2n) is 9.61. The Hall–Kier alpha value is -3.21. The van der Waals surface area contributed by atoms with Crippen molar-refractivity contribution in [3.63, 3.8) is 0 Å². The highest BCUT2D eigenvalue weighted by molar-refractivity contribution is 5.92. The molecule has 2 aromatic carbocycles. The summed E-state index contributed by atoms with van der Waals surface area (Å²) in [6.07, 6.45) is 4.98. The summed E-state index contributed by atoms with van der Waals surface area (Å²) in [4.78, 5) is 13.1. The highest BCUT2D eigenvalue weighted by Crippen LogP contribution is 2.39. The number of likely N-dealkylation sites (N-methyl/N-ethyl adjacent to an activating group) is 1. The van der Waals surface area contributed by atoms with Gasteiger partial charge in [0.05, 0.1) is 5.69 Å². The molecule has 3 heterocycles. The first-order valence-electron chi connectivity index (χ1n) is 11.9. The number of nitrogens with one attached hydrogen (secondary N) is 1. The molecular formula is C29H30N4. The zero-order chi connectivity index (χ0) is 22.4. The number of aromatic nitrogens is 2. The van der Waals surface area contributed by atoms with Gasteiger partial charge in [-0.3, -0.25) is 9.88 Å². The Morgan fingerprint density at radius 2 is 1.67 bits per heavy atom. The molecule has 6 rings (SSSR count). The van der Waals surface area contributed by atoms with Crippen molar-refractivity contribution in [2.45, 2.75) is 19.9 Å². The third-order valence-electron chi connectivity index (χ3n) is 7.23. The number of aromatic amines is 1. The van der Waals surface area contributed by atoms with Crippen molar-refractivity contribution >= 4 is 16.5 Å². The minimum absolute atomic E-state index is 0.931. The lowest BCUT2D eigenvalue weighted by Gasteiger charge is -2.32. The molecule has 1 aliphatic carbocycles. The van der Waals surface area contributed by atoms with E-state index in [4.69, 9.17) is 4.98 Å². The topological polar surface area (TPSA) is 35.2 Å². The first kappa shape index (κ1) is 20.4. The zero-order valence-electron chi connectivity index (χ0n) is 19.4. The number of nitrogens with zero attached hydrogens (tertiary/aromatic N) is 3. The third kappa shape index (κ3) is 3.90. The average molecular weight is 435 g/mol. The highest BCUT2D eigenvalue weighted by Gasteiger charge is 2.22. The van der Waals surface area contributed by atoms with Gasteiger partial charge in [-0.2, -0.15) is 0 Å². The van der Waals surface area contributed by atoms with Crippen LogP contribution in [0.25, 0.3) is 27.6 Å². The smallest absolute Gasteiger partial charge is 0.0523 e. The number of H-pyrrole nitrogens is 1. The van der Waals surface area contributed by atoms with Crippen LogP contribution < -0.4 is 0 Å². The monoisotopic (exact) mass is 434 g/mol. The molecule has 0 atom stereocenters.